The molecule has 2 aromatic carbocycles. The first-order valence-electron chi connectivity index (χ1n) is 9.56. The number of likely N-dealkylation sites (tertiary alicyclic amines) is 1. The number of nitrogens with zero attached hydrogens (tertiary/aromatic N) is 2. The lowest BCUT2D eigenvalue weighted by atomic mass is 10.0. The summed E-state index contributed by atoms with van der Waals surface area (Å²) in [5, 5.41) is 3.31. The number of amides is 1. The van der Waals surface area contributed by atoms with E-state index in [0.717, 1.165) is 50.3 Å². The summed E-state index contributed by atoms with van der Waals surface area (Å²) < 4.78 is 0. The van der Waals surface area contributed by atoms with Gasteiger partial charge in [-0.1, -0.05) is 30.3 Å². The van der Waals surface area contributed by atoms with Crippen LogP contribution >= 0.6 is 12.4 Å². The molecule has 2 aromatic rings. The van der Waals surface area contributed by atoms with E-state index in [0.29, 0.717) is 6.04 Å². The van der Waals surface area contributed by atoms with E-state index in [9.17, 15) is 4.79 Å². The topological polar surface area (TPSA) is 35.6 Å². The summed E-state index contributed by atoms with van der Waals surface area (Å²) in [6.45, 7) is 5.64. The molecule has 1 aliphatic heterocycles. The first-order chi connectivity index (χ1) is 12.7. The number of carbonyl (C=O) groups excluding carboxylic acids is 1. The van der Waals surface area contributed by atoms with Gasteiger partial charge in [-0.05, 0) is 56.6 Å². The molecule has 0 atom stereocenters. The van der Waals surface area contributed by atoms with Gasteiger partial charge in [-0.2, -0.15) is 0 Å². The molecule has 27 heavy (non-hydrogen) atoms. The van der Waals surface area contributed by atoms with Gasteiger partial charge in [0.25, 0.3) is 5.91 Å². The molecule has 0 radical (unpaired) electrons. The van der Waals surface area contributed by atoms with Gasteiger partial charge < -0.3 is 15.1 Å². The largest absolute Gasteiger partial charge is 0.367 e. The van der Waals surface area contributed by atoms with Crippen LogP contribution in [0.3, 0.4) is 0 Å². The smallest absolute Gasteiger partial charge is 0.253 e. The van der Waals surface area contributed by atoms with Gasteiger partial charge in [-0.3, -0.25) is 4.79 Å². The lowest BCUT2D eigenvalue weighted by molar-refractivity contribution is 0.0707. The summed E-state index contributed by atoms with van der Waals surface area (Å²) in [6, 6.07) is 19.1. The number of anilines is 1. The molecule has 1 aliphatic rings. The van der Waals surface area contributed by atoms with E-state index in [-0.39, 0.29) is 18.3 Å². The number of hydrogen-bond acceptors (Lipinski definition) is 3. The molecule has 3 rings (SSSR count). The van der Waals surface area contributed by atoms with E-state index in [1.54, 1.807) is 0 Å². The minimum absolute atomic E-state index is 0. The van der Waals surface area contributed by atoms with Gasteiger partial charge in [0.1, 0.15) is 0 Å². The molecule has 0 aromatic heterocycles. The maximum Gasteiger partial charge on any atom is 0.253 e. The lowest BCUT2D eigenvalue weighted by Crippen LogP contribution is -2.43. The maximum atomic E-state index is 12.7. The number of carbonyl (C=O) groups is 1. The number of nitrogens with one attached hydrogen (secondary N) is 1. The summed E-state index contributed by atoms with van der Waals surface area (Å²) in [5.41, 5.74) is 3.23. The summed E-state index contributed by atoms with van der Waals surface area (Å²) in [4.78, 5) is 17.0. The van der Waals surface area contributed by atoms with Gasteiger partial charge in [-0.25, -0.2) is 0 Å². The van der Waals surface area contributed by atoms with Crippen LogP contribution in [0.1, 0.15) is 35.7 Å². The van der Waals surface area contributed by atoms with Crippen molar-refractivity contribution in [2.75, 3.05) is 31.6 Å². The van der Waals surface area contributed by atoms with Crippen molar-refractivity contribution in [1.82, 2.24) is 10.2 Å². The van der Waals surface area contributed by atoms with Crippen LogP contribution < -0.4 is 10.2 Å². The number of rotatable bonds is 6. The highest BCUT2D eigenvalue weighted by Crippen LogP contribution is 2.20. The monoisotopic (exact) mass is 387 g/mol. The third-order valence-electron chi connectivity index (χ3n) is 5.27. The Kier molecular flexibility index (Phi) is 8.14. The van der Waals surface area contributed by atoms with Crippen molar-refractivity contribution in [2.24, 2.45) is 0 Å². The lowest BCUT2D eigenvalue weighted by Gasteiger charge is -2.32. The first-order valence-corrected chi connectivity index (χ1v) is 9.56. The molecule has 1 saturated heterocycles. The second-order valence-corrected chi connectivity index (χ2v) is 6.90. The Labute approximate surface area is 169 Å². The minimum atomic E-state index is 0. The fourth-order valence-electron chi connectivity index (χ4n) is 3.56. The zero-order valence-corrected chi connectivity index (χ0v) is 17.0. The van der Waals surface area contributed by atoms with Crippen molar-refractivity contribution in [1.29, 1.82) is 0 Å². The molecule has 1 heterocycles. The highest BCUT2D eigenvalue weighted by atomic mass is 35.5. The average molecular weight is 388 g/mol. The Morgan fingerprint density at radius 1 is 1.07 bits per heavy atom. The highest BCUT2D eigenvalue weighted by Gasteiger charge is 2.22. The Morgan fingerprint density at radius 2 is 1.70 bits per heavy atom. The average Bonchev–Trinajstić information content (AvgIpc) is 2.72. The van der Waals surface area contributed by atoms with E-state index in [1.165, 1.54) is 5.56 Å². The number of benzene rings is 2. The quantitative estimate of drug-likeness (QED) is 0.814. The number of hydrogen-bond donors (Lipinski definition) is 1. The molecule has 1 fully saturated rings. The molecule has 0 aliphatic carbocycles. The Morgan fingerprint density at radius 3 is 2.26 bits per heavy atom. The third-order valence-corrected chi connectivity index (χ3v) is 5.27. The second-order valence-electron chi connectivity index (χ2n) is 6.90. The number of halogens is 1. The third kappa shape index (κ3) is 5.47. The fourth-order valence-corrected chi connectivity index (χ4v) is 3.56. The second kappa shape index (κ2) is 10.3. The van der Waals surface area contributed by atoms with Crippen LogP contribution in [0.2, 0.25) is 0 Å². The molecule has 146 valence electrons. The van der Waals surface area contributed by atoms with Crippen LogP contribution in [0.4, 0.5) is 5.69 Å². The Hall–Kier alpha value is -2.04. The van der Waals surface area contributed by atoms with Crippen molar-refractivity contribution in [3.05, 3.63) is 65.7 Å². The predicted octanol–water partition coefficient (Wildman–Crippen LogP) is 3.96. The van der Waals surface area contributed by atoms with Gasteiger partial charge in [0, 0.05) is 43.5 Å². The van der Waals surface area contributed by atoms with Gasteiger partial charge in [0.15, 0.2) is 0 Å². The van der Waals surface area contributed by atoms with Gasteiger partial charge in [0.05, 0.1) is 0 Å². The molecular weight excluding hydrogens is 358 g/mol. The van der Waals surface area contributed by atoms with Crippen molar-refractivity contribution in [3.8, 4) is 0 Å². The summed E-state index contributed by atoms with van der Waals surface area (Å²) in [6.07, 6.45) is 2.06. The van der Waals surface area contributed by atoms with Crippen LogP contribution in [0, 0.1) is 0 Å². The zero-order chi connectivity index (χ0) is 18.4. The molecule has 4 nitrogen and oxygen atoms in total. The first kappa shape index (κ1) is 21.3. The van der Waals surface area contributed by atoms with E-state index in [2.05, 4.69) is 53.5 Å². The minimum Gasteiger partial charge on any atom is -0.367 e. The van der Waals surface area contributed by atoms with Gasteiger partial charge in [0.2, 0.25) is 0 Å². The van der Waals surface area contributed by atoms with E-state index in [4.69, 9.17) is 0 Å². The summed E-state index contributed by atoms with van der Waals surface area (Å²) in [5.74, 6) is 0.150. The molecule has 1 amide bonds. The van der Waals surface area contributed by atoms with Crippen molar-refractivity contribution in [3.63, 3.8) is 0 Å². The number of piperidine rings is 1. The normalized spacial score (nSPS) is 14.5. The van der Waals surface area contributed by atoms with Crippen LogP contribution in [-0.2, 0) is 6.54 Å². The van der Waals surface area contributed by atoms with Gasteiger partial charge in [-0.15, -0.1) is 12.4 Å². The Bertz CT molecular complexity index is 697. The van der Waals surface area contributed by atoms with Crippen molar-refractivity contribution < 1.29 is 4.79 Å². The van der Waals surface area contributed by atoms with Crippen LogP contribution in [0.25, 0.3) is 0 Å². The SMILES string of the molecule is CCN(Cc1ccccc1)c1ccc(C(=O)N2CCC(NC)CC2)cc1.Cl. The Balaban J connectivity index is 0.00000261. The molecule has 0 saturated carbocycles. The van der Waals surface area contributed by atoms with E-state index in [1.807, 2.05) is 30.1 Å². The highest BCUT2D eigenvalue weighted by molar-refractivity contribution is 5.94. The zero-order valence-electron chi connectivity index (χ0n) is 16.2. The van der Waals surface area contributed by atoms with Crippen LogP contribution in [0.5, 0.6) is 0 Å². The maximum absolute atomic E-state index is 12.7. The van der Waals surface area contributed by atoms with Gasteiger partial charge >= 0.3 is 0 Å². The van der Waals surface area contributed by atoms with Crippen molar-refractivity contribution >= 4 is 24.0 Å². The molecule has 0 bridgehead atoms. The summed E-state index contributed by atoms with van der Waals surface area (Å²) >= 11 is 0. The molecule has 1 N–H and O–H groups in total. The van der Waals surface area contributed by atoms with E-state index >= 15 is 0 Å². The molecule has 0 spiro atoms. The van der Waals surface area contributed by atoms with Crippen LogP contribution in [-0.4, -0.2) is 43.5 Å². The fraction of sp³-hybridized carbons (Fsp3) is 0.409. The standard InChI is InChI=1S/C22H29N3O.ClH/c1-3-24(17-18-7-5-4-6-8-18)21-11-9-19(10-12-21)22(26)25-15-13-20(23-2)14-16-25;/h4-12,20,23H,3,13-17H2,1-2H3;1H. The predicted molar refractivity (Wildman–Crippen MR) is 115 cm³/mol. The summed E-state index contributed by atoms with van der Waals surface area (Å²) in [7, 11) is 2.00. The van der Waals surface area contributed by atoms with Crippen LogP contribution in [0.15, 0.2) is 54.6 Å². The van der Waals surface area contributed by atoms with E-state index < -0.39 is 0 Å². The molecule has 0 unspecified atom stereocenters. The molecular formula is C22H30ClN3O. The molecule has 5 heteroatoms. The van der Waals surface area contributed by atoms with Crippen molar-refractivity contribution in [2.45, 2.75) is 32.4 Å².